The van der Waals surface area contributed by atoms with Crippen LogP contribution in [-0.4, -0.2) is 122 Å². The molecule has 2 heterocycles. The van der Waals surface area contributed by atoms with Crippen molar-refractivity contribution in [2.75, 3.05) is 47.1 Å². The predicted octanol–water partition coefficient (Wildman–Crippen LogP) is 7.87. The molecule has 2 aliphatic rings. The van der Waals surface area contributed by atoms with Gasteiger partial charge in [0.1, 0.15) is 25.4 Å². The second-order valence-electron chi connectivity index (χ2n) is 15.8. The van der Waals surface area contributed by atoms with Crippen molar-refractivity contribution in [2.45, 2.75) is 176 Å². The number of aliphatic hydroxyl groups is 1. The van der Waals surface area contributed by atoms with Crippen molar-refractivity contribution in [2.24, 2.45) is 29.4 Å². The number of hydrogen-bond donors (Lipinski definition) is 7. The molecule has 10 N–H and O–H groups in total. The van der Waals surface area contributed by atoms with Gasteiger partial charge in [-0.3, -0.25) is 19.2 Å². The molecule has 0 aromatic carbocycles. The lowest BCUT2D eigenvalue weighted by atomic mass is 9.93. The number of carbonyl (C=O) groups is 6. The predicted molar refractivity (Wildman–Crippen MR) is 257 cm³/mol. The molecule has 7 atom stereocenters. The summed E-state index contributed by atoms with van der Waals surface area (Å²) < 4.78 is 25.0. The minimum Gasteiger partial charge on any atom is -0.481 e. The molecule has 2 rings (SSSR count). The van der Waals surface area contributed by atoms with Gasteiger partial charge in [0.25, 0.3) is 0 Å². The lowest BCUT2D eigenvalue weighted by Crippen LogP contribution is -2.31. The molecule has 0 aromatic rings. The molecule has 0 aromatic heterocycles. The number of esters is 3. The number of nitrogens with one attached hydrogen (secondary N) is 1. The fourth-order valence-electron chi connectivity index (χ4n) is 6.21. The van der Waals surface area contributed by atoms with Crippen LogP contribution in [-0.2, 0) is 52.5 Å². The summed E-state index contributed by atoms with van der Waals surface area (Å²) in [6, 6.07) is 0. The van der Waals surface area contributed by atoms with Crippen molar-refractivity contribution in [1.82, 2.24) is 11.5 Å². The zero-order valence-corrected chi connectivity index (χ0v) is 40.9. The van der Waals surface area contributed by atoms with Crippen LogP contribution in [0.4, 0.5) is 0 Å². The van der Waals surface area contributed by atoms with Gasteiger partial charge in [0.2, 0.25) is 6.29 Å². The third kappa shape index (κ3) is 43.9. The highest BCUT2D eigenvalue weighted by molar-refractivity contribution is 5.86. The molecule has 2 fully saturated rings. The van der Waals surface area contributed by atoms with E-state index in [2.05, 4.69) is 31.1 Å². The highest BCUT2D eigenvalue weighted by Gasteiger charge is 2.27. The molecule has 18 heteroatoms. The number of ether oxygens (including phenoxy) is 5. The summed E-state index contributed by atoms with van der Waals surface area (Å²) in [6.45, 7) is 18.5. The van der Waals surface area contributed by atoms with E-state index in [4.69, 9.17) is 39.0 Å². The van der Waals surface area contributed by atoms with Gasteiger partial charge in [-0.25, -0.2) is 9.59 Å². The van der Waals surface area contributed by atoms with Gasteiger partial charge in [-0.2, -0.15) is 0 Å². The van der Waals surface area contributed by atoms with E-state index in [1.807, 2.05) is 20.8 Å². The zero-order chi connectivity index (χ0) is 49.3. The number of unbranched alkanes of at least 4 members (excludes halogenated alkanes) is 4. The summed E-state index contributed by atoms with van der Waals surface area (Å²) in [6.07, 6.45) is 15.2. The first-order chi connectivity index (χ1) is 30.5. The van der Waals surface area contributed by atoms with E-state index in [1.165, 1.54) is 7.05 Å². The van der Waals surface area contributed by atoms with E-state index < -0.39 is 24.2 Å². The van der Waals surface area contributed by atoms with E-state index in [9.17, 15) is 33.9 Å². The van der Waals surface area contributed by atoms with Crippen molar-refractivity contribution in [3.8, 4) is 0 Å². The number of likely N-dealkylation sites (N-methyl/N-ethyl adjacent to an activating group) is 1. The number of carboxylic acids is 3. The number of aliphatic hydroxyl groups excluding tert-OH is 1. The Morgan fingerprint density at radius 2 is 1.00 bits per heavy atom. The Labute approximate surface area is 396 Å². The largest absolute Gasteiger partial charge is 0.481 e. The van der Waals surface area contributed by atoms with E-state index in [0.717, 1.165) is 115 Å². The molecule has 66 heavy (non-hydrogen) atoms. The molecule has 18 nitrogen and oxygen atoms in total. The lowest BCUT2D eigenvalue weighted by molar-refractivity contribution is -0.172. The first kappa shape index (κ1) is 71.1. The van der Waals surface area contributed by atoms with Crippen LogP contribution in [0.15, 0.2) is 24.8 Å². The van der Waals surface area contributed by atoms with Gasteiger partial charge in [-0.1, -0.05) is 112 Å². The average Bonchev–Trinajstić information content (AvgIpc) is 4.21. The van der Waals surface area contributed by atoms with Crippen LogP contribution in [0.5, 0.6) is 0 Å². The number of rotatable bonds is 33. The fraction of sp³-hybridized carbons (Fsp3) is 0.792. The molecule has 2 aliphatic heterocycles. The fourth-order valence-corrected chi connectivity index (χ4v) is 6.21. The highest BCUT2D eigenvalue weighted by Crippen LogP contribution is 2.23. The van der Waals surface area contributed by atoms with E-state index in [-0.39, 0.29) is 73.9 Å². The minimum absolute atomic E-state index is 0. The summed E-state index contributed by atoms with van der Waals surface area (Å²) in [5.41, 5.74) is 4.93. The molecular weight excluding hydrogens is 859 g/mol. The molecule has 0 spiro atoms. The van der Waals surface area contributed by atoms with Crippen LogP contribution in [0.2, 0.25) is 0 Å². The molecule has 0 aliphatic carbocycles. The molecule has 2 saturated heterocycles. The number of aliphatic carboxylic acids is 3. The SMILES string of the molecule is C.C=C(C)C(=O)OCC1CO1.C=CC(=O)O.CCCC(CCCCCC(CCC)C(=O)OC(O)CNC)C(=O)O.CCCC(CCCCCC(CCC)C(=O)OCC1CO1)C(=O)O.CN.N. The Hall–Kier alpha value is -3.94. The Kier molecular flexibility index (Phi) is 51.2. The standard InChI is InChI=1S/C18H35NO5.C18H32O5.C7H10O3.C3H4O2.CH5N.CH4.H3N/c1-4-9-14(17(21)22)11-7-6-8-12-15(10-5-2)18(23)24-16(20)13-19-3;1-3-8-14(17(19)20)10-6-5-7-11-15(9-4-2)18(21)23-13-16-12-22-16;1-5(2)7(8)10-4-6-3-9-6;1-2-3(4)5;1-2;;/h14-16,19-20H,4-13H2,1-3H3,(H,21,22);14-16H,3-13H2,1-2H3,(H,19,20);6H,1,3-4H2,2H3;2H,1H2,(H,4,5);2H2,1H3;1H4;1H3. The van der Waals surface area contributed by atoms with Crippen molar-refractivity contribution in [3.63, 3.8) is 0 Å². The summed E-state index contributed by atoms with van der Waals surface area (Å²) in [7, 11) is 3.18. The number of epoxide rings is 2. The molecular formula is C48H93N3O15. The summed E-state index contributed by atoms with van der Waals surface area (Å²) in [4.78, 5) is 66.3. The van der Waals surface area contributed by atoms with Crippen LogP contribution >= 0.6 is 0 Å². The van der Waals surface area contributed by atoms with E-state index in [0.29, 0.717) is 38.4 Å². The second kappa shape index (κ2) is 47.5. The van der Waals surface area contributed by atoms with Gasteiger partial charge in [-0.15, -0.1) is 0 Å². The summed E-state index contributed by atoms with van der Waals surface area (Å²) in [5.74, 6) is -3.81. The van der Waals surface area contributed by atoms with Crippen LogP contribution in [0, 0.1) is 23.7 Å². The van der Waals surface area contributed by atoms with Gasteiger partial charge in [-0.05, 0) is 72.4 Å². The lowest BCUT2D eigenvalue weighted by Gasteiger charge is -2.18. The average molecular weight is 952 g/mol. The zero-order valence-electron chi connectivity index (χ0n) is 40.9. The van der Waals surface area contributed by atoms with E-state index >= 15 is 0 Å². The van der Waals surface area contributed by atoms with Crippen LogP contribution in [0.1, 0.15) is 158 Å². The van der Waals surface area contributed by atoms with Gasteiger partial charge < -0.3 is 61.3 Å². The first-order valence-electron chi connectivity index (χ1n) is 23.1. The Morgan fingerprint density at radius 3 is 1.30 bits per heavy atom. The number of hydrogen-bond acceptors (Lipinski definition) is 15. The van der Waals surface area contributed by atoms with Gasteiger partial charge in [0.05, 0.1) is 43.4 Å². The normalized spacial score (nSPS) is 16.0. The Morgan fingerprint density at radius 1 is 0.667 bits per heavy atom. The number of carboxylic acid groups (broad SMARTS) is 3. The first-order valence-corrected chi connectivity index (χ1v) is 23.1. The molecule has 7 unspecified atom stereocenters. The third-order valence-corrected chi connectivity index (χ3v) is 9.89. The second-order valence-corrected chi connectivity index (χ2v) is 15.8. The maximum atomic E-state index is 12.1. The van der Waals surface area contributed by atoms with Crippen LogP contribution in [0.3, 0.4) is 0 Å². The minimum atomic E-state index is -1.10. The Bertz CT molecular complexity index is 1280. The number of carbonyl (C=O) groups excluding carboxylic acids is 3. The van der Waals surface area contributed by atoms with Crippen LogP contribution in [0.25, 0.3) is 0 Å². The molecule has 390 valence electrons. The molecule has 0 saturated carbocycles. The third-order valence-electron chi connectivity index (χ3n) is 9.89. The quantitative estimate of drug-likeness (QED) is 0.00822. The molecule has 0 radical (unpaired) electrons. The Balaban J connectivity index is -0.000000273. The summed E-state index contributed by atoms with van der Waals surface area (Å²) >= 11 is 0. The maximum absolute atomic E-state index is 12.1. The van der Waals surface area contributed by atoms with Crippen molar-refractivity contribution in [3.05, 3.63) is 24.8 Å². The number of nitrogens with two attached hydrogens (primary N) is 1. The molecule has 0 bridgehead atoms. The van der Waals surface area contributed by atoms with Gasteiger partial charge in [0.15, 0.2) is 0 Å². The van der Waals surface area contributed by atoms with E-state index in [1.54, 1.807) is 14.0 Å². The topological polar surface area (TPSA) is 309 Å². The highest BCUT2D eigenvalue weighted by atomic mass is 16.6. The summed E-state index contributed by atoms with van der Waals surface area (Å²) in [5, 5.41) is 38.2. The van der Waals surface area contributed by atoms with Crippen molar-refractivity contribution < 1.29 is 72.9 Å². The maximum Gasteiger partial charge on any atom is 0.333 e. The monoisotopic (exact) mass is 952 g/mol. The molecule has 0 amide bonds. The van der Waals surface area contributed by atoms with Gasteiger partial charge >= 0.3 is 35.8 Å². The van der Waals surface area contributed by atoms with Crippen LogP contribution < -0.4 is 17.2 Å². The van der Waals surface area contributed by atoms with Crippen molar-refractivity contribution in [1.29, 1.82) is 0 Å². The van der Waals surface area contributed by atoms with Gasteiger partial charge in [0, 0.05) is 11.6 Å². The smallest absolute Gasteiger partial charge is 0.333 e. The van der Waals surface area contributed by atoms with Crippen molar-refractivity contribution >= 4 is 35.8 Å².